The van der Waals surface area contributed by atoms with Crippen LogP contribution < -0.4 is 15.8 Å². The van der Waals surface area contributed by atoms with Crippen LogP contribution in [0.15, 0.2) is 72.8 Å². The van der Waals surface area contributed by atoms with Gasteiger partial charge in [-0.05, 0) is 80.6 Å². The predicted octanol–water partition coefficient (Wildman–Crippen LogP) is 5.92. The van der Waals surface area contributed by atoms with Crippen LogP contribution in [-0.4, -0.2) is 28.5 Å². The van der Waals surface area contributed by atoms with Crippen molar-refractivity contribution in [1.82, 2.24) is 9.62 Å². The molecule has 0 spiro atoms. The Morgan fingerprint density at radius 1 is 1.00 bits per heavy atom. The van der Waals surface area contributed by atoms with Crippen molar-refractivity contribution < 1.29 is 5.11 Å². The molecule has 1 heterocycles. The quantitative estimate of drug-likeness (QED) is 0.280. The van der Waals surface area contributed by atoms with E-state index in [2.05, 4.69) is 84.0 Å². The highest BCUT2D eigenvalue weighted by atomic mass is 35.5. The molecule has 2 N–H and O–H groups in total. The summed E-state index contributed by atoms with van der Waals surface area (Å²) in [5.41, 5.74) is 5.58. The lowest BCUT2D eigenvalue weighted by molar-refractivity contribution is 0.331. The van der Waals surface area contributed by atoms with Crippen LogP contribution in [0.25, 0.3) is 11.8 Å². The Morgan fingerprint density at radius 3 is 2.19 bits per heavy atom. The molecule has 0 radical (unpaired) electrons. The van der Waals surface area contributed by atoms with Gasteiger partial charge in [-0.1, -0.05) is 78.5 Å². The predicted molar refractivity (Wildman–Crippen MR) is 156 cm³/mol. The molecule has 0 saturated carbocycles. The average Bonchev–Trinajstić information content (AvgIpc) is 2.87. The molecule has 1 saturated heterocycles. The second-order valence-corrected chi connectivity index (χ2v) is 10.5. The molecule has 0 aromatic heterocycles. The zero-order valence-electron chi connectivity index (χ0n) is 21.2. The van der Waals surface area contributed by atoms with Crippen molar-refractivity contribution in [3.8, 4) is 5.75 Å². The van der Waals surface area contributed by atoms with Gasteiger partial charge in [0, 0.05) is 46.2 Å². The minimum atomic E-state index is -0.0438. The van der Waals surface area contributed by atoms with E-state index in [0.29, 0.717) is 11.1 Å². The number of allylic oxidation sites excluding steroid dienone is 1. The number of thiol groups is 1. The number of rotatable bonds is 6. The minimum absolute atomic E-state index is 0.0438. The first-order valence-electron chi connectivity index (χ1n) is 12.6. The Bertz CT molecular complexity index is 1280. The van der Waals surface area contributed by atoms with Gasteiger partial charge in [0.1, 0.15) is 5.75 Å². The molecule has 3 nitrogen and oxygen atoms in total. The Kier molecular flexibility index (Phi) is 8.84. The molecule has 3 aromatic rings. The van der Waals surface area contributed by atoms with Crippen LogP contribution in [0.2, 0.25) is 5.02 Å². The fourth-order valence-corrected chi connectivity index (χ4v) is 5.31. The summed E-state index contributed by atoms with van der Waals surface area (Å²) in [6, 6.07) is 21.1. The lowest BCUT2D eigenvalue weighted by Gasteiger charge is -2.29. The van der Waals surface area contributed by atoms with Crippen LogP contribution in [0.1, 0.15) is 54.9 Å². The van der Waals surface area contributed by atoms with Crippen molar-refractivity contribution in [1.29, 1.82) is 0 Å². The number of phenols is 1. The molecule has 1 atom stereocenters. The van der Waals surface area contributed by atoms with Gasteiger partial charge in [-0.3, -0.25) is 4.31 Å². The summed E-state index contributed by atoms with van der Waals surface area (Å²) in [5, 5.41) is 17.6. The Hall–Kier alpha value is -2.66. The number of aryl methyl sites for hydroxylation is 1. The van der Waals surface area contributed by atoms with Gasteiger partial charge in [0.25, 0.3) is 0 Å². The lowest BCUT2D eigenvalue weighted by Crippen LogP contribution is -2.41. The van der Waals surface area contributed by atoms with Crippen LogP contribution >= 0.6 is 24.4 Å². The normalized spacial score (nSPS) is 17.4. The first-order valence-corrected chi connectivity index (χ1v) is 13.4. The van der Waals surface area contributed by atoms with Crippen molar-refractivity contribution in [2.24, 2.45) is 0 Å². The third kappa shape index (κ3) is 6.18. The number of phenolic OH excluding ortho intramolecular Hbond substituents is 1. The van der Waals surface area contributed by atoms with E-state index in [1.807, 2.05) is 38.1 Å². The molecule has 3 aromatic carbocycles. The molecule has 0 amide bonds. The lowest BCUT2D eigenvalue weighted by atomic mass is 9.84. The molecule has 1 fully saturated rings. The van der Waals surface area contributed by atoms with E-state index in [4.69, 9.17) is 11.6 Å². The highest BCUT2D eigenvalue weighted by Gasteiger charge is 2.20. The molecule has 36 heavy (non-hydrogen) atoms. The minimum Gasteiger partial charge on any atom is -0.507 e. The zero-order valence-corrected chi connectivity index (χ0v) is 22.9. The number of benzene rings is 3. The summed E-state index contributed by atoms with van der Waals surface area (Å²) in [5.74, 6) is 0.239. The van der Waals surface area contributed by atoms with Crippen molar-refractivity contribution in [3.05, 3.63) is 111 Å². The third-order valence-corrected chi connectivity index (χ3v) is 7.52. The topological polar surface area (TPSA) is 35.5 Å². The Morgan fingerprint density at radius 2 is 1.61 bits per heavy atom. The van der Waals surface area contributed by atoms with Gasteiger partial charge in [0.05, 0.1) is 0 Å². The Labute approximate surface area is 225 Å². The first-order chi connectivity index (χ1) is 17.4. The van der Waals surface area contributed by atoms with Crippen LogP contribution in [0.3, 0.4) is 0 Å². The van der Waals surface area contributed by atoms with Crippen molar-refractivity contribution >= 4 is 36.2 Å². The van der Waals surface area contributed by atoms with Gasteiger partial charge >= 0.3 is 0 Å². The largest absolute Gasteiger partial charge is 0.507 e. The van der Waals surface area contributed by atoms with E-state index in [1.165, 1.54) is 11.1 Å². The second kappa shape index (κ2) is 12.1. The van der Waals surface area contributed by atoms with Crippen molar-refractivity contribution in [2.45, 2.75) is 45.6 Å². The molecule has 5 heteroatoms. The number of halogens is 1. The maximum absolute atomic E-state index is 11.2. The number of hydrogen-bond donors (Lipinski definition) is 3. The number of hydrogen-bond acceptors (Lipinski definition) is 4. The van der Waals surface area contributed by atoms with Crippen LogP contribution in [-0.2, 0) is 0 Å². The zero-order chi connectivity index (χ0) is 25.7. The summed E-state index contributed by atoms with van der Waals surface area (Å²) >= 11 is 10.7. The van der Waals surface area contributed by atoms with E-state index >= 15 is 0 Å². The molecule has 4 rings (SSSR count). The van der Waals surface area contributed by atoms with Gasteiger partial charge < -0.3 is 10.4 Å². The summed E-state index contributed by atoms with van der Waals surface area (Å²) in [4.78, 5) is 0. The van der Waals surface area contributed by atoms with E-state index < -0.39 is 0 Å². The molecule has 0 bridgehead atoms. The summed E-state index contributed by atoms with van der Waals surface area (Å²) in [6.07, 6.45) is 8.20. The van der Waals surface area contributed by atoms with Crippen LogP contribution in [0.5, 0.6) is 5.75 Å². The first kappa shape index (κ1) is 26.4. The van der Waals surface area contributed by atoms with Gasteiger partial charge in [-0.15, -0.1) is 0 Å². The SMILES string of the molecule is C\C=C/C(NC1CCN(S)CC1)=c1/cc(C(c2ccc(C)cc2)c2ccc(Cl)cc2)cc(O)/c1=C\C. The average molecular weight is 519 g/mol. The van der Waals surface area contributed by atoms with E-state index in [0.717, 1.165) is 53.2 Å². The maximum atomic E-state index is 11.2. The molecular weight excluding hydrogens is 484 g/mol. The van der Waals surface area contributed by atoms with E-state index in [-0.39, 0.29) is 11.7 Å². The van der Waals surface area contributed by atoms with Crippen molar-refractivity contribution in [3.63, 3.8) is 0 Å². The fourth-order valence-electron chi connectivity index (χ4n) is 4.96. The van der Waals surface area contributed by atoms with Gasteiger partial charge in [-0.25, -0.2) is 0 Å². The number of aromatic hydroxyl groups is 1. The molecule has 1 unspecified atom stereocenters. The summed E-state index contributed by atoms with van der Waals surface area (Å²) in [6.45, 7) is 8.00. The summed E-state index contributed by atoms with van der Waals surface area (Å²) < 4.78 is 2.07. The van der Waals surface area contributed by atoms with Crippen molar-refractivity contribution in [2.75, 3.05) is 13.1 Å². The highest BCUT2D eigenvalue weighted by molar-refractivity contribution is 7.77. The smallest absolute Gasteiger partial charge is 0.123 e. The number of nitrogens with zero attached hydrogens (tertiary/aromatic N) is 1. The van der Waals surface area contributed by atoms with Crippen LogP contribution in [0.4, 0.5) is 0 Å². The van der Waals surface area contributed by atoms with Gasteiger partial charge in [0.2, 0.25) is 0 Å². The highest BCUT2D eigenvalue weighted by Crippen LogP contribution is 2.33. The van der Waals surface area contributed by atoms with Gasteiger partial charge in [-0.2, -0.15) is 0 Å². The van der Waals surface area contributed by atoms with Crippen LogP contribution in [0, 0.1) is 6.92 Å². The molecule has 1 aliphatic rings. The number of piperidine rings is 1. The number of nitrogens with one attached hydrogen (secondary N) is 1. The third-order valence-electron chi connectivity index (χ3n) is 6.87. The monoisotopic (exact) mass is 518 g/mol. The fraction of sp³-hybridized carbons (Fsp3) is 0.290. The molecular formula is C31H35ClN2OS. The molecule has 0 aliphatic carbocycles. The van der Waals surface area contributed by atoms with Gasteiger partial charge in [0.15, 0.2) is 0 Å². The standard InChI is InChI=1S/C31H35ClN2OS/c1-4-6-29(33-26-15-17-34(36)18-16-26)28-19-24(20-30(35)27(28)5-2)31(22-9-7-21(3)8-10-22)23-11-13-25(32)14-12-23/h4-14,19-20,26,31,33,35-36H,15-18H2,1-3H3/b6-4-,27-5-,29-28+. The second-order valence-electron chi connectivity index (χ2n) is 9.47. The molecule has 188 valence electrons. The Balaban J connectivity index is 1.91. The molecule has 1 aliphatic heterocycles. The maximum Gasteiger partial charge on any atom is 0.123 e. The van der Waals surface area contributed by atoms with E-state index in [1.54, 1.807) is 0 Å². The van der Waals surface area contributed by atoms with E-state index in [9.17, 15) is 5.11 Å². The summed E-state index contributed by atoms with van der Waals surface area (Å²) in [7, 11) is 0.